The average Bonchev–Trinajstić information content (AvgIpc) is 3.23. The number of hydrogen-bond acceptors (Lipinski definition) is 7. The van der Waals surface area contributed by atoms with E-state index < -0.39 is 11.9 Å². The second-order valence-corrected chi connectivity index (χ2v) is 8.52. The van der Waals surface area contributed by atoms with E-state index in [-0.39, 0.29) is 34.1 Å². The van der Waals surface area contributed by atoms with Crippen molar-refractivity contribution in [1.29, 1.82) is 0 Å². The van der Waals surface area contributed by atoms with Crippen LogP contribution in [0.2, 0.25) is 5.02 Å². The lowest BCUT2D eigenvalue weighted by Crippen LogP contribution is -2.21. The second kappa shape index (κ2) is 8.45. The van der Waals surface area contributed by atoms with Gasteiger partial charge >= 0.3 is 6.18 Å². The van der Waals surface area contributed by atoms with Gasteiger partial charge < -0.3 is 19.9 Å². The number of anilines is 3. The highest BCUT2D eigenvalue weighted by atomic mass is 35.5. The number of hydrogen-bond donors (Lipinski definition) is 2. The molecule has 4 heterocycles. The molecule has 0 saturated heterocycles. The van der Waals surface area contributed by atoms with Crippen LogP contribution in [0.15, 0.2) is 41.5 Å². The van der Waals surface area contributed by atoms with Crippen molar-refractivity contribution in [2.75, 3.05) is 17.2 Å². The van der Waals surface area contributed by atoms with Gasteiger partial charge in [0, 0.05) is 36.8 Å². The predicted octanol–water partition coefficient (Wildman–Crippen LogP) is 4.51. The molecule has 1 aliphatic rings. The van der Waals surface area contributed by atoms with Crippen LogP contribution in [0.4, 0.5) is 30.4 Å². The zero-order valence-corrected chi connectivity index (χ0v) is 19.3. The van der Waals surface area contributed by atoms with Crippen molar-refractivity contribution < 1.29 is 17.9 Å². The number of halogens is 4. The van der Waals surface area contributed by atoms with Crippen LogP contribution in [0.3, 0.4) is 0 Å². The van der Waals surface area contributed by atoms with Crippen LogP contribution in [0, 0.1) is 0 Å². The summed E-state index contributed by atoms with van der Waals surface area (Å²) >= 11 is 6.26. The van der Waals surface area contributed by atoms with Gasteiger partial charge in [0.15, 0.2) is 11.5 Å². The van der Waals surface area contributed by atoms with Crippen molar-refractivity contribution in [3.8, 4) is 11.7 Å². The summed E-state index contributed by atoms with van der Waals surface area (Å²) in [5.41, 5.74) is 0.573. The molecule has 1 aliphatic heterocycles. The van der Waals surface area contributed by atoms with Gasteiger partial charge in [0.25, 0.3) is 11.5 Å². The second-order valence-electron chi connectivity index (χ2n) is 8.12. The standard InChI is InChI=1S/C22H19ClF3N7O2/c1-11-6-8-35-18-17(28-11)13-9-12(3-4-15(13)32(2)20(18)34)29-19-14(23)10-27-21(30-19)33-7-5-16(31-33)22(24,25)26/h3-5,7,9-11,28H,6,8H2,1-2H3,(H,27,29,30)/t11-/m0/s1. The number of benzene rings is 1. The zero-order valence-electron chi connectivity index (χ0n) is 18.5. The van der Waals surface area contributed by atoms with Gasteiger partial charge in [0.1, 0.15) is 5.02 Å². The maximum absolute atomic E-state index is 12.9. The van der Waals surface area contributed by atoms with E-state index in [4.69, 9.17) is 16.3 Å². The van der Waals surface area contributed by atoms with Crippen molar-refractivity contribution in [3.05, 3.63) is 57.7 Å². The summed E-state index contributed by atoms with van der Waals surface area (Å²) in [6.07, 6.45) is -1.46. The van der Waals surface area contributed by atoms with Crippen molar-refractivity contribution in [2.45, 2.75) is 25.6 Å². The van der Waals surface area contributed by atoms with Gasteiger partial charge in [-0.15, -0.1) is 0 Å². The molecule has 1 aromatic carbocycles. The monoisotopic (exact) mass is 505 g/mol. The highest BCUT2D eigenvalue weighted by Crippen LogP contribution is 2.35. The third-order valence-corrected chi connectivity index (χ3v) is 5.90. The van der Waals surface area contributed by atoms with Crippen LogP contribution in [0.25, 0.3) is 16.9 Å². The Hall–Kier alpha value is -3.80. The predicted molar refractivity (Wildman–Crippen MR) is 125 cm³/mol. The molecule has 0 spiro atoms. The summed E-state index contributed by atoms with van der Waals surface area (Å²) in [6.45, 7) is 2.42. The third-order valence-electron chi connectivity index (χ3n) is 5.62. The number of fused-ring (bicyclic) bond motifs is 3. The van der Waals surface area contributed by atoms with Crippen LogP contribution in [-0.4, -0.2) is 37.0 Å². The molecule has 0 saturated carbocycles. The highest BCUT2D eigenvalue weighted by molar-refractivity contribution is 6.32. The first-order chi connectivity index (χ1) is 16.6. The summed E-state index contributed by atoms with van der Waals surface area (Å²) in [5.74, 6) is 0.338. The Morgan fingerprint density at radius 2 is 2.09 bits per heavy atom. The number of nitrogens with zero attached hydrogens (tertiary/aromatic N) is 5. The summed E-state index contributed by atoms with van der Waals surface area (Å²) in [4.78, 5) is 21.0. The molecule has 2 N–H and O–H groups in total. The lowest BCUT2D eigenvalue weighted by Gasteiger charge is -2.17. The maximum atomic E-state index is 12.9. The normalized spacial score (nSPS) is 15.8. The SMILES string of the molecule is C[C@H]1CCOc2c(c3cc(Nc4nc(-n5ccc(C(F)(F)F)n5)ncc4Cl)ccc3n(C)c2=O)N1. The van der Waals surface area contributed by atoms with Gasteiger partial charge in [-0.1, -0.05) is 11.6 Å². The Balaban J connectivity index is 1.55. The molecule has 5 rings (SSSR count). The average molecular weight is 506 g/mol. The van der Waals surface area contributed by atoms with Gasteiger partial charge in [-0.05, 0) is 31.2 Å². The number of nitrogens with one attached hydrogen (secondary N) is 2. The van der Waals surface area contributed by atoms with Crippen LogP contribution >= 0.6 is 11.6 Å². The van der Waals surface area contributed by atoms with Crippen molar-refractivity contribution in [1.82, 2.24) is 24.3 Å². The van der Waals surface area contributed by atoms with Gasteiger partial charge in [0.2, 0.25) is 5.75 Å². The number of ether oxygens (including phenoxy) is 1. The van der Waals surface area contributed by atoms with E-state index in [9.17, 15) is 18.0 Å². The molecule has 0 radical (unpaired) electrons. The fraction of sp³-hybridized carbons (Fsp3) is 0.273. The lowest BCUT2D eigenvalue weighted by atomic mass is 10.1. The molecular weight excluding hydrogens is 487 g/mol. The molecule has 35 heavy (non-hydrogen) atoms. The van der Waals surface area contributed by atoms with E-state index in [2.05, 4.69) is 25.7 Å². The highest BCUT2D eigenvalue weighted by Gasteiger charge is 2.34. The molecule has 0 amide bonds. The quantitative estimate of drug-likeness (QED) is 0.422. The molecule has 0 unspecified atom stereocenters. The van der Waals surface area contributed by atoms with Crippen LogP contribution < -0.4 is 20.9 Å². The first-order valence-corrected chi connectivity index (χ1v) is 11.0. The number of alkyl halides is 3. The fourth-order valence-corrected chi connectivity index (χ4v) is 3.95. The van der Waals surface area contributed by atoms with Crippen LogP contribution in [0.1, 0.15) is 19.0 Å². The first kappa shape index (κ1) is 23.0. The van der Waals surface area contributed by atoms with E-state index in [0.29, 0.717) is 23.5 Å². The largest absolute Gasteiger partial charge is 0.486 e. The zero-order chi connectivity index (χ0) is 24.9. The number of rotatable bonds is 3. The molecule has 0 fully saturated rings. The summed E-state index contributed by atoms with van der Waals surface area (Å²) in [5, 5.41) is 10.8. The lowest BCUT2D eigenvalue weighted by molar-refractivity contribution is -0.141. The van der Waals surface area contributed by atoms with Gasteiger partial charge in [-0.3, -0.25) is 4.79 Å². The minimum absolute atomic E-state index is 0.0895. The van der Waals surface area contributed by atoms with Gasteiger partial charge in [-0.25, -0.2) is 9.67 Å². The minimum atomic E-state index is -4.59. The number of aryl methyl sites for hydroxylation is 1. The molecule has 1 atom stereocenters. The van der Waals surface area contributed by atoms with Crippen LogP contribution in [-0.2, 0) is 13.2 Å². The molecule has 0 bridgehead atoms. The maximum Gasteiger partial charge on any atom is 0.435 e. The topological polar surface area (TPSA) is 98.9 Å². The fourth-order valence-electron chi connectivity index (χ4n) is 3.81. The van der Waals surface area contributed by atoms with E-state index in [1.54, 1.807) is 19.2 Å². The van der Waals surface area contributed by atoms with Crippen LogP contribution in [0.5, 0.6) is 5.75 Å². The Bertz CT molecular complexity index is 1500. The van der Waals surface area contributed by atoms with E-state index in [0.717, 1.165) is 28.8 Å². The summed E-state index contributed by atoms with van der Waals surface area (Å²) < 4.78 is 46.9. The molecule has 4 aromatic rings. The number of pyridine rings is 1. The minimum Gasteiger partial charge on any atom is -0.486 e. The van der Waals surface area contributed by atoms with E-state index in [1.165, 1.54) is 10.8 Å². The molecule has 0 aliphatic carbocycles. The summed E-state index contributed by atoms with van der Waals surface area (Å²) in [7, 11) is 1.67. The molecule has 9 nitrogen and oxygen atoms in total. The van der Waals surface area contributed by atoms with Crippen molar-refractivity contribution in [2.24, 2.45) is 7.05 Å². The summed E-state index contributed by atoms with van der Waals surface area (Å²) in [6, 6.07) is 6.26. The third kappa shape index (κ3) is 4.25. The molecule has 182 valence electrons. The first-order valence-electron chi connectivity index (χ1n) is 10.6. The van der Waals surface area contributed by atoms with Gasteiger partial charge in [-0.2, -0.15) is 23.3 Å². The Morgan fingerprint density at radius 1 is 1.29 bits per heavy atom. The molecule has 3 aromatic heterocycles. The Kier molecular flexibility index (Phi) is 5.55. The van der Waals surface area contributed by atoms with Crippen molar-refractivity contribution in [3.63, 3.8) is 0 Å². The molecular formula is C22H19ClF3N7O2. The van der Waals surface area contributed by atoms with Gasteiger partial charge in [0.05, 0.1) is 24.0 Å². The van der Waals surface area contributed by atoms with E-state index >= 15 is 0 Å². The Labute approximate surface area is 201 Å². The number of aromatic nitrogens is 5. The molecule has 13 heteroatoms. The van der Waals surface area contributed by atoms with E-state index in [1.807, 2.05) is 13.0 Å². The Morgan fingerprint density at radius 3 is 2.83 bits per heavy atom. The van der Waals surface area contributed by atoms with Crippen molar-refractivity contribution >= 4 is 39.7 Å². The smallest absolute Gasteiger partial charge is 0.435 e.